The molecule has 3 rings (SSSR count). The largest absolute Gasteiger partial charge is 0.368 e. The summed E-state index contributed by atoms with van der Waals surface area (Å²) in [5, 5.41) is 0. The highest BCUT2D eigenvalue weighted by Gasteiger charge is 2.34. The van der Waals surface area contributed by atoms with Crippen molar-refractivity contribution >= 4 is 17.7 Å². The molecule has 0 aliphatic carbocycles. The number of likely N-dealkylation sites (N-methyl/N-ethyl adjacent to an activating group) is 2. The van der Waals surface area contributed by atoms with Crippen LogP contribution in [0.25, 0.3) is 11.1 Å². The van der Waals surface area contributed by atoms with Gasteiger partial charge in [0.15, 0.2) is 0 Å². The van der Waals surface area contributed by atoms with Crippen molar-refractivity contribution in [1.29, 1.82) is 0 Å². The van der Waals surface area contributed by atoms with Gasteiger partial charge in [-0.3, -0.25) is 14.4 Å². The quantitative estimate of drug-likeness (QED) is 0.324. The number of rotatable bonds is 12. The average Bonchev–Trinajstić information content (AvgIpc) is 2.93. The lowest BCUT2D eigenvalue weighted by Gasteiger charge is -2.34. The van der Waals surface area contributed by atoms with Gasteiger partial charge in [0, 0.05) is 38.6 Å². The van der Waals surface area contributed by atoms with E-state index in [9.17, 15) is 14.4 Å². The van der Waals surface area contributed by atoms with Gasteiger partial charge in [-0.15, -0.1) is 0 Å². The van der Waals surface area contributed by atoms with Crippen LogP contribution in [-0.2, 0) is 27.2 Å². The van der Waals surface area contributed by atoms with Crippen molar-refractivity contribution in [3.63, 3.8) is 0 Å². The van der Waals surface area contributed by atoms with E-state index < -0.39 is 23.5 Å². The van der Waals surface area contributed by atoms with E-state index in [1.807, 2.05) is 106 Å². The molecule has 0 heterocycles. The monoisotopic (exact) mass is 554 g/mol. The molecule has 0 aliphatic rings. The molecule has 0 bridgehead atoms. The fourth-order valence-corrected chi connectivity index (χ4v) is 4.97. The van der Waals surface area contributed by atoms with Gasteiger partial charge in [0.25, 0.3) is 0 Å². The highest BCUT2D eigenvalue weighted by atomic mass is 16.2. The van der Waals surface area contributed by atoms with Crippen LogP contribution in [0.3, 0.4) is 0 Å². The van der Waals surface area contributed by atoms with Crippen LogP contribution in [-0.4, -0.2) is 59.2 Å². The van der Waals surface area contributed by atoms with Gasteiger partial charge in [-0.25, -0.2) is 0 Å². The number of carbonyl (C=O) groups excluding carboxylic acids is 3. The summed E-state index contributed by atoms with van der Waals surface area (Å²) >= 11 is 0. The lowest BCUT2D eigenvalue weighted by molar-refractivity contribution is -0.145. The van der Waals surface area contributed by atoms with Crippen molar-refractivity contribution in [2.45, 2.75) is 57.7 Å². The Balaban J connectivity index is 1.91. The molecule has 216 valence electrons. The molecule has 2 unspecified atom stereocenters. The predicted molar refractivity (Wildman–Crippen MR) is 165 cm³/mol. The first-order valence-corrected chi connectivity index (χ1v) is 13.8. The first-order valence-electron chi connectivity index (χ1n) is 13.8. The zero-order valence-corrected chi connectivity index (χ0v) is 24.7. The Bertz CT molecular complexity index is 1350. The van der Waals surface area contributed by atoms with Crippen LogP contribution >= 0.6 is 0 Å². The molecule has 0 fully saturated rings. The molecule has 0 aliphatic heterocycles. The number of nitrogens with zero attached hydrogens (tertiary/aromatic N) is 2. The number of primary amides is 1. The predicted octanol–water partition coefficient (Wildman–Crippen LogP) is 4.35. The molecule has 0 aromatic heterocycles. The van der Waals surface area contributed by atoms with Gasteiger partial charge >= 0.3 is 0 Å². The Labute approximate surface area is 243 Å². The summed E-state index contributed by atoms with van der Waals surface area (Å²) in [6.07, 6.45) is 2.61. The molecule has 7 heteroatoms. The minimum atomic E-state index is -0.869. The van der Waals surface area contributed by atoms with Gasteiger partial charge < -0.3 is 21.3 Å². The maximum atomic E-state index is 14.0. The van der Waals surface area contributed by atoms with Gasteiger partial charge in [0.05, 0.1) is 0 Å². The Hall–Kier alpha value is -4.23. The number of amides is 3. The first-order chi connectivity index (χ1) is 19.4. The number of benzene rings is 3. The molecule has 7 nitrogen and oxygen atoms in total. The fourth-order valence-electron chi connectivity index (χ4n) is 4.97. The topological polar surface area (TPSA) is 110 Å². The Kier molecular flexibility index (Phi) is 10.6. The second kappa shape index (κ2) is 13.9. The number of hydrogen-bond donors (Lipinski definition) is 2. The van der Waals surface area contributed by atoms with Gasteiger partial charge in [-0.1, -0.05) is 90.5 Å². The van der Waals surface area contributed by atoms with E-state index in [4.69, 9.17) is 11.5 Å². The molecular formula is C34H42N4O3. The lowest BCUT2D eigenvalue weighted by Crippen LogP contribution is -2.55. The summed E-state index contributed by atoms with van der Waals surface area (Å²) in [6.45, 7) is 5.65. The summed E-state index contributed by atoms with van der Waals surface area (Å²) in [5.41, 5.74) is 16.2. The summed E-state index contributed by atoms with van der Waals surface area (Å²) in [7, 11) is 3.19. The molecule has 3 aromatic rings. The van der Waals surface area contributed by atoms with Crippen LogP contribution in [0.2, 0.25) is 0 Å². The first kappa shape index (κ1) is 31.3. The normalized spacial score (nSPS) is 13.3. The van der Waals surface area contributed by atoms with Crippen LogP contribution < -0.4 is 11.5 Å². The molecule has 0 spiro atoms. The summed E-state index contributed by atoms with van der Waals surface area (Å²) < 4.78 is 0. The molecular weight excluding hydrogens is 512 g/mol. The van der Waals surface area contributed by atoms with Crippen LogP contribution in [0.4, 0.5) is 0 Å². The van der Waals surface area contributed by atoms with Crippen LogP contribution in [0.1, 0.15) is 38.3 Å². The van der Waals surface area contributed by atoms with E-state index in [0.29, 0.717) is 6.42 Å². The van der Waals surface area contributed by atoms with Crippen LogP contribution in [0.5, 0.6) is 0 Å². The lowest BCUT2D eigenvalue weighted by atomic mass is 9.96. The summed E-state index contributed by atoms with van der Waals surface area (Å²) in [4.78, 5) is 42.7. The van der Waals surface area contributed by atoms with Crippen molar-refractivity contribution in [2.24, 2.45) is 11.5 Å². The molecule has 3 amide bonds. The van der Waals surface area contributed by atoms with Crippen molar-refractivity contribution in [2.75, 3.05) is 14.1 Å². The molecule has 41 heavy (non-hydrogen) atoms. The van der Waals surface area contributed by atoms with E-state index >= 15 is 0 Å². The average molecular weight is 555 g/mol. The van der Waals surface area contributed by atoms with E-state index in [1.165, 1.54) is 15.9 Å². The second-order valence-electron chi connectivity index (χ2n) is 11.4. The van der Waals surface area contributed by atoms with Gasteiger partial charge in [0.1, 0.15) is 12.1 Å². The van der Waals surface area contributed by atoms with Crippen molar-refractivity contribution in [3.05, 3.63) is 108 Å². The van der Waals surface area contributed by atoms with Gasteiger partial charge in [0.2, 0.25) is 17.7 Å². The zero-order valence-electron chi connectivity index (χ0n) is 24.7. The highest BCUT2D eigenvalue weighted by Crippen LogP contribution is 2.22. The number of nitrogens with two attached hydrogens (primary N) is 2. The zero-order chi connectivity index (χ0) is 30.2. The van der Waals surface area contributed by atoms with Crippen molar-refractivity contribution in [1.82, 2.24) is 9.80 Å². The highest BCUT2D eigenvalue weighted by molar-refractivity contribution is 5.95. The molecule has 0 saturated heterocycles. The third kappa shape index (κ3) is 9.15. The van der Waals surface area contributed by atoms with Gasteiger partial charge in [-0.05, 0) is 49.4 Å². The standard InChI is InChI=1S/C34H42N4O3/c1-24(23-34(2,3)36)20-31(39)37(4)30(22-26-16-18-28(19-17-26)27-14-10-7-11-15-27)33(41)38(5)29(32(35)40)21-25-12-8-6-9-13-25/h6-20,29-30H,21-23,36H2,1-5H3,(H2,35,40). The second-order valence-corrected chi connectivity index (χ2v) is 11.4. The summed E-state index contributed by atoms with van der Waals surface area (Å²) in [6, 6.07) is 25.7. The van der Waals surface area contributed by atoms with E-state index in [1.54, 1.807) is 14.1 Å². The van der Waals surface area contributed by atoms with E-state index in [2.05, 4.69) is 0 Å². The maximum absolute atomic E-state index is 14.0. The minimum absolute atomic E-state index is 0.270. The molecule has 4 N–H and O–H groups in total. The Morgan fingerprint density at radius 2 is 1.24 bits per heavy atom. The number of carbonyl (C=O) groups is 3. The van der Waals surface area contributed by atoms with Crippen LogP contribution in [0, 0.1) is 0 Å². The van der Waals surface area contributed by atoms with Crippen molar-refractivity contribution in [3.8, 4) is 11.1 Å². The molecule has 3 aromatic carbocycles. The van der Waals surface area contributed by atoms with E-state index in [0.717, 1.165) is 27.8 Å². The van der Waals surface area contributed by atoms with Crippen molar-refractivity contribution < 1.29 is 14.4 Å². The smallest absolute Gasteiger partial charge is 0.246 e. The number of hydrogen-bond acceptors (Lipinski definition) is 4. The molecule has 0 saturated carbocycles. The fraction of sp³-hybridized carbons (Fsp3) is 0.324. The minimum Gasteiger partial charge on any atom is -0.368 e. The van der Waals surface area contributed by atoms with Gasteiger partial charge in [-0.2, -0.15) is 0 Å². The molecule has 0 radical (unpaired) electrons. The Morgan fingerprint density at radius 3 is 1.78 bits per heavy atom. The van der Waals surface area contributed by atoms with E-state index in [-0.39, 0.29) is 24.7 Å². The summed E-state index contributed by atoms with van der Waals surface area (Å²) in [5.74, 6) is -1.28. The SMILES string of the molecule is CC(=CC(=O)N(C)C(Cc1ccc(-c2ccccc2)cc1)C(=O)N(C)C(Cc1ccccc1)C(N)=O)CC(C)(C)N. The molecule has 2 atom stereocenters. The van der Waals surface area contributed by atoms with Crippen LogP contribution in [0.15, 0.2) is 96.6 Å². The third-order valence-corrected chi connectivity index (χ3v) is 7.11. The third-order valence-electron chi connectivity index (χ3n) is 7.11. The Morgan fingerprint density at radius 1 is 0.756 bits per heavy atom. The maximum Gasteiger partial charge on any atom is 0.246 e.